The summed E-state index contributed by atoms with van der Waals surface area (Å²) in [5, 5.41) is 3.46. The molecular formula is C13H19BrN2. The van der Waals surface area contributed by atoms with Crippen LogP contribution in [0, 0.1) is 6.92 Å². The monoisotopic (exact) mass is 282 g/mol. The van der Waals surface area contributed by atoms with Crippen molar-refractivity contribution in [3.63, 3.8) is 0 Å². The minimum atomic E-state index is 1.08. The molecule has 0 unspecified atom stereocenters. The van der Waals surface area contributed by atoms with Crippen molar-refractivity contribution >= 4 is 21.6 Å². The summed E-state index contributed by atoms with van der Waals surface area (Å²) in [4.78, 5) is 2.47. The van der Waals surface area contributed by atoms with E-state index in [4.69, 9.17) is 0 Å². The van der Waals surface area contributed by atoms with Crippen LogP contribution in [0.15, 0.2) is 22.7 Å². The van der Waals surface area contributed by atoms with Gasteiger partial charge in [0.25, 0.3) is 0 Å². The topological polar surface area (TPSA) is 15.3 Å². The van der Waals surface area contributed by atoms with Gasteiger partial charge in [0.05, 0.1) is 5.69 Å². The van der Waals surface area contributed by atoms with Crippen molar-refractivity contribution in [2.45, 2.75) is 19.8 Å². The van der Waals surface area contributed by atoms with Crippen LogP contribution in [0.1, 0.15) is 18.4 Å². The average molecular weight is 283 g/mol. The van der Waals surface area contributed by atoms with Crippen LogP contribution in [0.25, 0.3) is 0 Å². The minimum Gasteiger partial charge on any atom is -0.369 e. The van der Waals surface area contributed by atoms with Gasteiger partial charge in [0, 0.05) is 24.1 Å². The van der Waals surface area contributed by atoms with Crippen molar-refractivity contribution in [1.29, 1.82) is 0 Å². The Morgan fingerprint density at radius 3 is 2.88 bits per heavy atom. The second-order valence-corrected chi connectivity index (χ2v) is 5.25. The van der Waals surface area contributed by atoms with Gasteiger partial charge in [-0.1, -0.05) is 6.07 Å². The van der Waals surface area contributed by atoms with E-state index < -0.39 is 0 Å². The third kappa shape index (κ3) is 2.98. The van der Waals surface area contributed by atoms with Gasteiger partial charge in [-0.15, -0.1) is 0 Å². The maximum atomic E-state index is 3.67. The second-order valence-electron chi connectivity index (χ2n) is 4.40. The van der Waals surface area contributed by atoms with Crippen molar-refractivity contribution in [1.82, 2.24) is 5.32 Å². The van der Waals surface area contributed by atoms with Gasteiger partial charge in [0.1, 0.15) is 0 Å². The highest BCUT2D eigenvalue weighted by Gasteiger charge is 2.11. The summed E-state index contributed by atoms with van der Waals surface area (Å²) in [7, 11) is 0. The quantitative estimate of drug-likeness (QED) is 0.852. The van der Waals surface area contributed by atoms with E-state index in [0.29, 0.717) is 0 Å². The van der Waals surface area contributed by atoms with Crippen LogP contribution in [-0.4, -0.2) is 26.2 Å². The zero-order valence-corrected chi connectivity index (χ0v) is 11.4. The van der Waals surface area contributed by atoms with E-state index in [9.17, 15) is 0 Å². The molecule has 0 amide bonds. The average Bonchev–Trinajstić information content (AvgIpc) is 2.19. The summed E-state index contributed by atoms with van der Waals surface area (Å²) in [6, 6.07) is 6.61. The van der Waals surface area contributed by atoms with Crippen LogP contribution < -0.4 is 10.2 Å². The molecule has 1 saturated heterocycles. The smallest absolute Gasteiger partial charge is 0.0511 e. The molecule has 2 nitrogen and oxygen atoms in total. The Balaban J connectivity index is 2.14. The lowest BCUT2D eigenvalue weighted by Gasteiger charge is -2.28. The van der Waals surface area contributed by atoms with Crippen molar-refractivity contribution in [3.05, 3.63) is 28.2 Å². The molecule has 0 saturated carbocycles. The van der Waals surface area contributed by atoms with Gasteiger partial charge in [-0.05, 0) is 59.9 Å². The lowest BCUT2D eigenvalue weighted by molar-refractivity contribution is 0.567. The van der Waals surface area contributed by atoms with Gasteiger partial charge in [-0.2, -0.15) is 0 Å². The summed E-state index contributed by atoms with van der Waals surface area (Å²) in [6.07, 6.45) is 2.55. The van der Waals surface area contributed by atoms with Crippen LogP contribution in [0.4, 0.5) is 5.69 Å². The first kappa shape index (κ1) is 11.9. The van der Waals surface area contributed by atoms with Crippen LogP contribution in [-0.2, 0) is 0 Å². The molecule has 2 rings (SSSR count). The van der Waals surface area contributed by atoms with E-state index in [1.54, 1.807) is 0 Å². The predicted octanol–water partition coefficient (Wildman–Crippen LogP) is 2.95. The molecule has 0 spiro atoms. The molecule has 1 fully saturated rings. The number of rotatable bonds is 1. The molecule has 1 aromatic carbocycles. The van der Waals surface area contributed by atoms with Crippen LogP contribution in [0.3, 0.4) is 0 Å². The molecule has 1 aliphatic rings. The van der Waals surface area contributed by atoms with Gasteiger partial charge in [-0.3, -0.25) is 0 Å². The molecule has 0 bridgehead atoms. The lowest BCUT2D eigenvalue weighted by Crippen LogP contribution is -2.36. The Hall–Kier alpha value is -0.540. The fourth-order valence-electron chi connectivity index (χ4n) is 2.11. The first-order chi connectivity index (χ1) is 7.77. The molecule has 0 aromatic heterocycles. The van der Waals surface area contributed by atoms with Gasteiger partial charge in [-0.25, -0.2) is 0 Å². The number of nitrogens with zero attached hydrogens (tertiary/aromatic N) is 1. The number of nitrogens with one attached hydrogen (secondary N) is 1. The first-order valence-electron chi connectivity index (χ1n) is 5.99. The van der Waals surface area contributed by atoms with Crippen LogP contribution in [0.2, 0.25) is 0 Å². The summed E-state index contributed by atoms with van der Waals surface area (Å²) in [6.45, 7) is 6.65. The van der Waals surface area contributed by atoms with Gasteiger partial charge in [0.2, 0.25) is 0 Å². The van der Waals surface area contributed by atoms with E-state index in [1.807, 2.05) is 0 Å². The van der Waals surface area contributed by atoms with Crippen LogP contribution >= 0.6 is 15.9 Å². The highest BCUT2D eigenvalue weighted by molar-refractivity contribution is 9.10. The van der Waals surface area contributed by atoms with Crippen molar-refractivity contribution < 1.29 is 0 Å². The third-order valence-corrected chi connectivity index (χ3v) is 3.67. The molecule has 0 radical (unpaired) electrons. The predicted molar refractivity (Wildman–Crippen MR) is 73.2 cm³/mol. The Morgan fingerprint density at radius 2 is 2.06 bits per heavy atom. The van der Waals surface area contributed by atoms with Gasteiger partial charge < -0.3 is 10.2 Å². The summed E-state index contributed by atoms with van der Waals surface area (Å²) in [5.41, 5.74) is 2.63. The molecule has 88 valence electrons. The van der Waals surface area contributed by atoms with Crippen LogP contribution in [0.5, 0.6) is 0 Å². The Bertz CT molecular complexity index is 344. The molecule has 1 aliphatic heterocycles. The maximum Gasteiger partial charge on any atom is 0.0511 e. The number of aryl methyl sites for hydroxylation is 1. The standard InChI is InChI=1S/C13H19BrN2/c1-11-4-5-13(12(14)10-11)16-8-3-2-6-15-7-9-16/h4-5,10,15H,2-3,6-9H2,1H3. The summed E-state index contributed by atoms with van der Waals surface area (Å²) >= 11 is 3.67. The van der Waals surface area contributed by atoms with E-state index in [1.165, 1.54) is 41.7 Å². The largest absolute Gasteiger partial charge is 0.369 e. The van der Waals surface area contributed by atoms with Crippen molar-refractivity contribution in [2.75, 3.05) is 31.1 Å². The molecular weight excluding hydrogens is 264 g/mol. The fourth-order valence-corrected chi connectivity index (χ4v) is 2.86. The SMILES string of the molecule is Cc1ccc(N2CCCCNCC2)c(Br)c1. The summed E-state index contributed by atoms with van der Waals surface area (Å²) in [5.74, 6) is 0. The number of benzene rings is 1. The van der Waals surface area contributed by atoms with E-state index in [0.717, 1.165) is 13.1 Å². The van der Waals surface area contributed by atoms with E-state index in [2.05, 4.69) is 51.3 Å². The summed E-state index contributed by atoms with van der Waals surface area (Å²) < 4.78 is 1.22. The number of halogens is 1. The lowest BCUT2D eigenvalue weighted by atomic mass is 10.2. The van der Waals surface area contributed by atoms with E-state index in [-0.39, 0.29) is 0 Å². The first-order valence-corrected chi connectivity index (χ1v) is 6.78. The molecule has 1 heterocycles. The maximum absolute atomic E-state index is 3.67. The highest BCUT2D eigenvalue weighted by Crippen LogP contribution is 2.27. The molecule has 16 heavy (non-hydrogen) atoms. The highest BCUT2D eigenvalue weighted by atomic mass is 79.9. The Labute approximate surface area is 106 Å². The molecule has 0 atom stereocenters. The molecule has 3 heteroatoms. The fraction of sp³-hybridized carbons (Fsp3) is 0.538. The van der Waals surface area contributed by atoms with Gasteiger partial charge in [0.15, 0.2) is 0 Å². The Morgan fingerprint density at radius 1 is 1.19 bits per heavy atom. The number of anilines is 1. The second kappa shape index (κ2) is 5.69. The third-order valence-electron chi connectivity index (χ3n) is 3.03. The number of hydrogen-bond donors (Lipinski definition) is 1. The zero-order chi connectivity index (χ0) is 11.4. The van der Waals surface area contributed by atoms with Gasteiger partial charge >= 0.3 is 0 Å². The molecule has 1 N–H and O–H groups in total. The Kier molecular flexibility index (Phi) is 4.24. The molecule has 0 aliphatic carbocycles. The normalized spacial score (nSPS) is 18.0. The molecule has 1 aromatic rings. The van der Waals surface area contributed by atoms with Crippen molar-refractivity contribution in [2.24, 2.45) is 0 Å². The zero-order valence-electron chi connectivity index (χ0n) is 9.80. The van der Waals surface area contributed by atoms with Crippen molar-refractivity contribution in [3.8, 4) is 0 Å². The number of hydrogen-bond acceptors (Lipinski definition) is 2. The van der Waals surface area contributed by atoms with E-state index >= 15 is 0 Å². The minimum absolute atomic E-state index is 1.08.